The summed E-state index contributed by atoms with van der Waals surface area (Å²) in [7, 11) is 0. The summed E-state index contributed by atoms with van der Waals surface area (Å²) in [4.78, 5) is 11.2. The van der Waals surface area contributed by atoms with Crippen molar-refractivity contribution in [2.24, 2.45) is 46.3 Å². The normalized spacial score (nSPS) is 46.8. The van der Waals surface area contributed by atoms with Crippen LogP contribution < -0.4 is 10.6 Å². The fourth-order valence-electron chi connectivity index (χ4n) is 10.3. The van der Waals surface area contributed by atoms with Crippen LogP contribution in [0.3, 0.4) is 0 Å². The molecule has 4 nitrogen and oxygen atoms in total. The Labute approximate surface area is 202 Å². The second-order valence-corrected chi connectivity index (χ2v) is 13.5. The van der Waals surface area contributed by atoms with Crippen LogP contribution in [0, 0.1) is 46.3 Å². The first-order valence-corrected chi connectivity index (χ1v) is 14.5. The SMILES string of the molecule is C[C@H](CCC(=O)O)[C@H]1CCC2C3CC[C@@H]4C[C@@H](NC5CCNCC5)CC[C@]4(C)C3CC[C@@]21C. The molecule has 9 atom stereocenters. The third kappa shape index (κ3) is 4.41. The van der Waals surface area contributed by atoms with Crippen molar-refractivity contribution in [2.75, 3.05) is 13.1 Å². The van der Waals surface area contributed by atoms with Gasteiger partial charge in [0.2, 0.25) is 0 Å². The summed E-state index contributed by atoms with van der Waals surface area (Å²) in [5, 5.41) is 16.8. The molecule has 1 aliphatic heterocycles. The van der Waals surface area contributed by atoms with Gasteiger partial charge in [0, 0.05) is 18.5 Å². The number of rotatable bonds is 6. The van der Waals surface area contributed by atoms with Crippen LogP contribution >= 0.6 is 0 Å². The van der Waals surface area contributed by atoms with Gasteiger partial charge in [0.15, 0.2) is 0 Å². The van der Waals surface area contributed by atoms with Gasteiger partial charge in [0.1, 0.15) is 0 Å². The predicted octanol–water partition coefficient (Wildman–Crippen LogP) is 5.86. The van der Waals surface area contributed by atoms with E-state index in [0.717, 1.165) is 48.1 Å². The van der Waals surface area contributed by atoms with Gasteiger partial charge in [0.05, 0.1) is 0 Å². The Hall–Kier alpha value is -0.610. The fourth-order valence-corrected chi connectivity index (χ4v) is 10.3. The molecule has 3 N–H and O–H groups in total. The Balaban J connectivity index is 1.24. The van der Waals surface area contributed by atoms with E-state index >= 15 is 0 Å². The lowest BCUT2D eigenvalue weighted by Crippen LogP contribution is -2.56. The van der Waals surface area contributed by atoms with Crippen LogP contribution in [-0.4, -0.2) is 36.2 Å². The number of fused-ring (bicyclic) bond motifs is 5. The lowest BCUT2D eigenvalue weighted by molar-refractivity contribution is -0.137. The molecule has 0 aromatic rings. The number of aliphatic carboxylic acids is 1. The first-order chi connectivity index (χ1) is 15.8. The van der Waals surface area contributed by atoms with Gasteiger partial charge >= 0.3 is 5.97 Å². The van der Waals surface area contributed by atoms with Gasteiger partial charge in [0.25, 0.3) is 0 Å². The number of carbonyl (C=O) groups is 1. The molecule has 5 aliphatic rings. The highest BCUT2D eigenvalue weighted by atomic mass is 16.4. The van der Waals surface area contributed by atoms with Crippen LogP contribution in [0.4, 0.5) is 0 Å². The maximum atomic E-state index is 11.2. The average Bonchev–Trinajstić information content (AvgIpc) is 3.16. The smallest absolute Gasteiger partial charge is 0.303 e. The Bertz CT molecular complexity index is 706. The van der Waals surface area contributed by atoms with Crippen molar-refractivity contribution < 1.29 is 9.90 Å². The summed E-state index contributed by atoms with van der Waals surface area (Å²) in [6, 6.07) is 1.49. The van der Waals surface area contributed by atoms with E-state index in [-0.39, 0.29) is 0 Å². The van der Waals surface area contributed by atoms with E-state index in [2.05, 4.69) is 31.4 Å². The van der Waals surface area contributed by atoms with Crippen LogP contribution in [0.2, 0.25) is 0 Å². The summed E-state index contributed by atoms with van der Waals surface area (Å²) in [5.74, 6) is 4.33. The summed E-state index contributed by atoms with van der Waals surface area (Å²) < 4.78 is 0. The molecule has 0 spiro atoms. The molecule has 0 bridgehead atoms. The average molecular weight is 459 g/mol. The zero-order chi connectivity index (χ0) is 23.2. The molecule has 0 aromatic heterocycles. The van der Waals surface area contributed by atoms with Crippen LogP contribution in [0.15, 0.2) is 0 Å². The Morgan fingerprint density at radius 3 is 2.42 bits per heavy atom. The van der Waals surface area contributed by atoms with Crippen molar-refractivity contribution in [3.05, 3.63) is 0 Å². The number of nitrogens with one attached hydrogen (secondary N) is 2. The third-order valence-electron chi connectivity index (χ3n) is 12.1. The minimum Gasteiger partial charge on any atom is -0.481 e. The predicted molar refractivity (Wildman–Crippen MR) is 134 cm³/mol. The number of hydrogen-bond acceptors (Lipinski definition) is 3. The Morgan fingerprint density at radius 2 is 1.67 bits per heavy atom. The molecule has 5 rings (SSSR count). The van der Waals surface area contributed by atoms with Crippen LogP contribution in [0.25, 0.3) is 0 Å². The minimum absolute atomic E-state index is 0.344. The van der Waals surface area contributed by atoms with Crippen molar-refractivity contribution in [3.8, 4) is 0 Å². The lowest BCUT2D eigenvalue weighted by atomic mass is 9.44. The topological polar surface area (TPSA) is 61.4 Å². The van der Waals surface area contributed by atoms with Gasteiger partial charge in [-0.15, -0.1) is 0 Å². The van der Waals surface area contributed by atoms with Crippen LogP contribution in [0.5, 0.6) is 0 Å². The monoisotopic (exact) mass is 458 g/mol. The molecule has 4 aliphatic carbocycles. The van der Waals surface area contributed by atoms with E-state index in [1.165, 1.54) is 83.7 Å². The van der Waals surface area contributed by atoms with Gasteiger partial charge in [-0.05, 0) is 136 Å². The molecule has 1 saturated heterocycles. The van der Waals surface area contributed by atoms with E-state index in [0.29, 0.717) is 23.2 Å². The molecule has 4 saturated carbocycles. The highest BCUT2D eigenvalue weighted by molar-refractivity contribution is 5.66. The molecule has 1 heterocycles. The number of piperidine rings is 1. The molecule has 188 valence electrons. The first kappa shape index (κ1) is 24.1. The molecule has 3 unspecified atom stereocenters. The highest BCUT2D eigenvalue weighted by Crippen LogP contribution is 2.68. The second kappa shape index (κ2) is 9.45. The van der Waals surface area contributed by atoms with E-state index < -0.39 is 5.97 Å². The first-order valence-electron chi connectivity index (χ1n) is 14.5. The summed E-state index contributed by atoms with van der Waals surface area (Å²) in [5.41, 5.74) is 1.01. The summed E-state index contributed by atoms with van der Waals surface area (Å²) in [6.07, 6.45) is 16.5. The van der Waals surface area contributed by atoms with Crippen molar-refractivity contribution in [1.82, 2.24) is 10.6 Å². The number of carboxylic acid groups (broad SMARTS) is 1. The van der Waals surface area contributed by atoms with Gasteiger partial charge in [-0.1, -0.05) is 20.8 Å². The Kier molecular flexibility index (Phi) is 6.90. The van der Waals surface area contributed by atoms with Crippen molar-refractivity contribution >= 4 is 5.97 Å². The van der Waals surface area contributed by atoms with Crippen molar-refractivity contribution in [2.45, 2.75) is 116 Å². The molecule has 5 fully saturated rings. The summed E-state index contributed by atoms with van der Waals surface area (Å²) in [6.45, 7) is 10.0. The molecular weight excluding hydrogens is 408 g/mol. The second-order valence-electron chi connectivity index (χ2n) is 13.5. The van der Waals surface area contributed by atoms with Gasteiger partial charge in [-0.3, -0.25) is 4.79 Å². The van der Waals surface area contributed by atoms with Crippen molar-refractivity contribution in [3.63, 3.8) is 0 Å². The Morgan fingerprint density at radius 1 is 0.939 bits per heavy atom. The highest BCUT2D eigenvalue weighted by Gasteiger charge is 2.60. The third-order valence-corrected chi connectivity index (χ3v) is 12.1. The molecular formula is C29H50N2O2. The van der Waals surface area contributed by atoms with Crippen molar-refractivity contribution in [1.29, 1.82) is 0 Å². The zero-order valence-electron chi connectivity index (χ0n) is 21.6. The minimum atomic E-state index is -0.623. The van der Waals surface area contributed by atoms with E-state index in [9.17, 15) is 9.90 Å². The maximum absolute atomic E-state index is 11.2. The fraction of sp³-hybridized carbons (Fsp3) is 0.966. The number of carboxylic acids is 1. The van der Waals surface area contributed by atoms with E-state index in [4.69, 9.17) is 0 Å². The van der Waals surface area contributed by atoms with E-state index in [1.807, 2.05) is 0 Å². The summed E-state index contributed by atoms with van der Waals surface area (Å²) >= 11 is 0. The zero-order valence-corrected chi connectivity index (χ0v) is 21.6. The molecule has 33 heavy (non-hydrogen) atoms. The molecule has 0 aromatic carbocycles. The standard InChI is InChI=1S/C29H50N2O2/c1-19(4-9-27(32)33)24-7-8-25-23-6-5-20-18-22(31-21-12-16-30-17-13-21)10-14-28(20,2)26(23)11-15-29(24,25)3/h19-26,30-31H,4-18H2,1-3H3,(H,32,33)/t19-,20-,22+,23?,24-,25?,26?,28+,29-/m1/s1. The van der Waals surface area contributed by atoms with Gasteiger partial charge < -0.3 is 15.7 Å². The van der Waals surface area contributed by atoms with Gasteiger partial charge in [-0.2, -0.15) is 0 Å². The molecule has 0 radical (unpaired) electrons. The maximum Gasteiger partial charge on any atom is 0.303 e. The quantitative estimate of drug-likeness (QED) is 0.467. The van der Waals surface area contributed by atoms with E-state index in [1.54, 1.807) is 0 Å². The molecule has 4 heteroatoms. The lowest BCUT2D eigenvalue weighted by Gasteiger charge is -2.61. The van der Waals surface area contributed by atoms with Crippen LogP contribution in [0.1, 0.15) is 104 Å². The number of hydrogen-bond donors (Lipinski definition) is 3. The van der Waals surface area contributed by atoms with Gasteiger partial charge in [-0.25, -0.2) is 0 Å². The van der Waals surface area contributed by atoms with Crippen LogP contribution in [-0.2, 0) is 4.79 Å². The largest absolute Gasteiger partial charge is 0.481 e. The molecule has 0 amide bonds.